The quantitative estimate of drug-likeness (QED) is 0.821. The second kappa shape index (κ2) is 7.06. The maximum atomic E-state index is 13.2. The van der Waals surface area contributed by atoms with Crippen molar-refractivity contribution in [3.05, 3.63) is 35.6 Å². The number of carbonyl (C=O) groups excluding carboxylic acids is 1. The largest absolute Gasteiger partial charge is 0.481 e. The minimum atomic E-state index is -1.12. The number of hydrogen-bond acceptors (Lipinski definition) is 4. The Labute approximate surface area is 133 Å². The summed E-state index contributed by atoms with van der Waals surface area (Å²) in [7, 11) is 1.42. The molecule has 23 heavy (non-hydrogen) atoms. The molecule has 126 valence electrons. The third kappa shape index (κ3) is 3.86. The average molecular weight is 325 g/mol. The van der Waals surface area contributed by atoms with Crippen LogP contribution >= 0.6 is 0 Å². The highest BCUT2D eigenvalue weighted by molar-refractivity contribution is 5.81. The Kier molecular flexibility index (Phi) is 5.33. The number of aliphatic carboxylic acids is 1. The van der Waals surface area contributed by atoms with Gasteiger partial charge in [-0.2, -0.15) is 0 Å². The Morgan fingerprint density at radius 1 is 1.48 bits per heavy atom. The van der Waals surface area contributed by atoms with Crippen molar-refractivity contribution in [2.24, 2.45) is 5.41 Å². The van der Waals surface area contributed by atoms with Gasteiger partial charge in [0.25, 0.3) is 0 Å². The first-order valence-electron chi connectivity index (χ1n) is 7.31. The van der Waals surface area contributed by atoms with E-state index < -0.39 is 23.3 Å². The summed E-state index contributed by atoms with van der Waals surface area (Å²) in [5.74, 6) is -1.85. The zero-order chi connectivity index (χ0) is 17.0. The van der Waals surface area contributed by atoms with Crippen LogP contribution in [0.15, 0.2) is 24.3 Å². The lowest BCUT2D eigenvalue weighted by Crippen LogP contribution is -2.40. The number of hydrogen-bond donors (Lipinski definition) is 2. The number of nitrogens with zero attached hydrogens (tertiary/aromatic N) is 1. The van der Waals surface area contributed by atoms with E-state index in [1.807, 2.05) is 0 Å². The molecule has 1 aliphatic rings. The molecule has 1 amide bonds. The molecule has 6 nitrogen and oxygen atoms in total. The lowest BCUT2D eigenvalue weighted by atomic mass is 9.88. The Morgan fingerprint density at radius 3 is 2.83 bits per heavy atom. The fourth-order valence-corrected chi connectivity index (χ4v) is 2.84. The first-order valence-corrected chi connectivity index (χ1v) is 7.31. The number of likely N-dealkylation sites (tertiary alicyclic amines) is 1. The summed E-state index contributed by atoms with van der Waals surface area (Å²) in [6.07, 6.45) is -1.04. The van der Waals surface area contributed by atoms with Crippen LogP contribution in [0, 0.1) is 11.2 Å². The summed E-state index contributed by atoms with van der Waals surface area (Å²) >= 11 is 0. The Morgan fingerprint density at radius 2 is 2.22 bits per heavy atom. The van der Waals surface area contributed by atoms with Crippen molar-refractivity contribution in [1.82, 2.24) is 4.90 Å². The van der Waals surface area contributed by atoms with Crippen LogP contribution < -0.4 is 0 Å². The number of ether oxygens (including phenoxy) is 1. The maximum Gasteiger partial charge on any atom is 0.313 e. The number of methoxy groups -OCH3 is 1. The molecule has 2 rings (SSSR count). The number of aliphatic hydroxyl groups excluding tert-OH is 1. The molecule has 1 aromatic rings. The fraction of sp³-hybridized carbons (Fsp3) is 0.500. The van der Waals surface area contributed by atoms with E-state index in [1.54, 1.807) is 0 Å². The monoisotopic (exact) mass is 325 g/mol. The molecular formula is C16H20FNO5. The molecule has 1 aromatic carbocycles. The first kappa shape index (κ1) is 17.4. The van der Waals surface area contributed by atoms with Crippen molar-refractivity contribution in [1.29, 1.82) is 0 Å². The number of carboxylic acids is 1. The molecule has 0 saturated carbocycles. The van der Waals surface area contributed by atoms with E-state index in [2.05, 4.69) is 0 Å². The molecule has 0 bridgehead atoms. The van der Waals surface area contributed by atoms with Gasteiger partial charge in [0, 0.05) is 20.2 Å². The summed E-state index contributed by atoms with van der Waals surface area (Å²) in [6, 6.07) is 5.43. The third-order valence-electron chi connectivity index (χ3n) is 4.18. The topological polar surface area (TPSA) is 87.1 Å². The molecule has 2 N–H and O–H groups in total. The van der Waals surface area contributed by atoms with Crippen molar-refractivity contribution in [3.63, 3.8) is 0 Å². The van der Waals surface area contributed by atoms with Crippen molar-refractivity contribution in [2.45, 2.75) is 18.9 Å². The molecule has 0 aromatic heterocycles. The lowest BCUT2D eigenvalue weighted by Gasteiger charge is -2.24. The Balaban J connectivity index is 2.00. The molecular weight excluding hydrogens is 305 g/mol. The van der Waals surface area contributed by atoms with E-state index in [9.17, 15) is 24.2 Å². The standard InChI is InChI=1S/C16H20FNO5/c1-23-10-16(15(21)22)5-6-18(9-16)14(20)8-13(19)11-3-2-4-12(17)7-11/h2-4,7,13,19H,5-6,8-10H2,1H3,(H,21,22). The van der Waals surface area contributed by atoms with Gasteiger partial charge in [-0.05, 0) is 24.1 Å². The molecule has 1 heterocycles. The third-order valence-corrected chi connectivity index (χ3v) is 4.18. The smallest absolute Gasteiger partial charge is 0.313 e. The number of benzene rings is 1. The van der Waals surface area contributed by atoms with Gasteiger partial charge >= 0.3 is 5.97 Å². The molecule has 0 radical (unpaired) electrons. The second-order valence-corrected chi connectivity index (χ2v) is 5.86. The van der Waals surface area contributed by atoms with Gasteiger partial charge in [-0.15, -0.1) is 0 Å². The zero-order valence-electron chi connectivity index (χ0n) is 12.9. The molecule has 0 spiro atoms. The molecule has 2 unspecified atom stereocenters. The predicted octanol–water partition coefficient (Wildman–Crippen LogP) is 1.20. The zero-order valence-corrected chi connectivity index (χ0v) is 12.9. The number of carbonyl (C=O) groups is 2. The van der Waals surface area contributed by atoms with Gasteiger partial charge in [0.2, 0.25) is 5.91 Å². The SMILES string of the molecule is COCC1(C(=O)O)CCN(C(=O)CC(O)c2cccc(F)c2)C1. The van der Waals surface area contributed by atoms with Crippen molar-refractivity contribution >= 4 is 11.9 Å². The van der Waals surface area contributed by atoms with E-state index >= 15 is 0 Å². The number of carboxylic acid groups (broad SMARTS) is 1. The van der Waals surface area contributed by atoms with Crippen LogP contribution in [0.4, 0.5) is 4.39 Å². The van der Waals surface area contributed by atoms with Gasteiger partial charge in [0.1, 0.15) is 11.2 Å². The van der Waals surface area contributed by atoms with E-state index in [4.69, 9.17) is 4.74 Å². The van der Waals surface area contributed by atoms with Crippen LogP contribution in [0.2, 0.25) is 0 Å². The fourth-order valence-electron chi connectivity index (χ4n) is 2.84. The summed E-state index contributed by atoms with van der Waals surface area (Å²) in [5, 5.41) is 19.4. The summed E-state index contributed by atoms with van der Waals surface area (Å²) in [6.45, 7) is 0.369. The number of rotatable bonds is 6. The van der Waals surface area contributed by atoms with E-state index in [-0.39, 0.29) is 25.5 Å². The van der Waals surface area contributed by atoms with E-state index in [0.717, 1.165) is 0 Å². The van der Waals surface area contributed by atoms with Crippen molar-refractivity contribution in [3.8, 4) is 0 Å². The molecule has 2 atom stereocenters. The highest BCUT2D eigenvalue weighted by atomic mass is 19.1. The van der Waals surface area contributed by atoms with Gasteiger partial charge in [0.15, 0.2) is 0 Å². The van der Waals surface area contributed by atoms with Crippen LogP contribution in [0.5, 0.6) is 0 Å². The number of halogens is 1. The molecule has 0 aliphatic carbocycles. The molecule has 1 aliphatic heterocycles. The minimum absolute atomic E-state index is 0.0264. The highest BCUT2D eigenvalue weighted by Gasteiger charge is 2.46. The first-order chi connectivity index (χ1) is 10.9. The molecule has 7 heteroatoms. The van der Waals surface area contributed by atoms with Gasteiger partial charge in [-0.3, -0.25) is 9.59 Å². The van der Waals surface area contributed by atoms with Gasteiger partial charge in [0.05, 0.1) is 19.1 Å². The second-order valence-electron chi connectivity index (χ2n) is 5.86. The number of aliphatic hydroxyl groups is 1. The summed E-state index contributed by atoms with van der Waals surface area (Å²) < 4.78 is 18.1. The van der Waals surface area contributed by atoms with E-state index in [0.29, 0.717) is 18.5 Å². The predicted molar refractivity (Wildman–Crippen MR) is 79.1 cm³/mol. The Hall–Kier alpha value is -1.99. The van der Waals surface area contributed by atoms with Gasteiger partial charge in [-0.1, -0.05) is 12.1 Å². The summed E-state index contributed by atoms with van der Waals surface area (Å²) in [4.78, 5) is 25.1. The van der Waals surface area contributed by atoms with Crippen LogP contribution in [-0.4, -0.2) is 53.8 Å². The van der Waals surface area contributed by atoms with E-state index in [1.165, 1.54) is 36.3 Å². The average Bonchev–Trinajstić information content (AvgIpc) is 2.93. The Bertz CT molecular complexity index is 594. The van der Waals surface area contributed by atoms with Crippen LogP contribution in [-0.2, 0) is 14.3 Å². The van der Waals surface area contributed by atoms with Crippen molar-refractivity contribution in [2.75, 3.05) is 26.8 Å². The van der Waals surface area contributed by atoms with Crippen molar-refractivity contribution < 1.29 is 28.9 Å². The normalized spacial score (nSPS) is 22.1. The number of amides is 1. The molecule has 1 fully saturated rings. The highest BCUT2D eigenvalue weighted by Crippen LogP contribution is 2.32. The van der Waals surface area contributed by atoms with Gasteiger partial charge in [-0.25, -0.2) is 4.39 Å². The van der Waals surface area contributed by atoms with Crippen LogP contribution in [0.1, 0.15) is 24.5 Å². The minimum Gasteiger partial charge on any atom is -0.481 e. The maximum absolute atomic E-state index is 13.2. The van der Waals surface area contributed by atoms with Gasteiger partial charge < -0.3 is 19.8 Å². The lowest BCUT2D eigenvalue weighted by molar-refractivity contribution is -0.151. The molecule has 1 saturated heterocycles. The summed E-state index contributed by atoms with van der Waals surface area (Å²) in [5.41, 5.74) is -0.784. The van der Waals surface area contributed by atoms with Crippen LogP contribution in [0.25, 0.3) is 0 Å². The van der Waals surface area contributed by atoms with Crippen LogP contribution in [0.3, 0.4) is 0 Å².